The van der Waals surface area contributed by atoms with E-state index < -0.39 is 0 Å². The highest BCUT2D eigenvalue weighted by molar-refractivity contribution is 5.84. The third-order valence-corrected chi connectivity index (χ3v) is 4.43. The monoisotopic (exact) mass is 324 g/mol. The highest BCUT2D eigenvalue weighted by atomic mass is 16.3. The number of hydrogen-bond acceptors (Lipinski definition) is 4. The molecule has 1 aromatic carbocycles. The molecule has 126 valence electrons. The van der Waals surface area contributed by atoms with Gasteiger partial charge in [0.1, 0.15) is 5.75 Å². The molecule has 0 saturated carbocycles. The van der Waals surface area contributed by atoms with Gasteiger partial charge in [-0.15, -0.1) is 10.2 Å². The lowest BCUT2D eigenvalue weighted by Crippen LogP contribution is -2.26. The quantitative estimate of drug-likeness (QED) is 0.670. The summed E-state index contributed by atoms with van der Waals surface area (Å²) in [5.74, 6) is 0.784. The zero-order valence-corrected chi connectivity index (χ0v) is 14.2. The Bertz CT molecular complexity index is 806. The number of nitrogens with zero attached hydrogens (tertiary/aromatic N) is 2. The van der Waals surface area contributed by atoms with E-state index in [0.29, 0.717) is 11.6 Å². The molecule has 0 atom stereocenters. The number of nitrogens with one attached hydrogen (secondary N) is 2. The van der Waals surface area contributed by atoms with Crippen LogP contribution in [0.25, 0.3) is 22.3 Å². The van der Waals surface area contributed by atoms with Gasteiger partial charge in [-0.25, -0.2) is 0 Å². The van der Waals surface area contributed by atoms with Crippen molar-refractivity contribution in [2.75, 3.05) is 13.1 Å². The van der Waals surface area contributed by atoms with E-state index >= 15 is 0 Å². The fraction of sp³-hybridized carbons (Fsp3) is 0.368. The predicted octanol–water partition coefficient (Wildman–Crippen LogP) is 3.82. The number of fused-ring (bicyclic) bond motifs is 1. The van der Waals surface area contributed by atoms with Crippen LogP contribution in [-0.4, -0.2) is 33.4 Å². The zero-order valence-electron chi connectivity index (χ0n) is 14.2. The molecule has 0 radical (unpaired) electrons. The Morgan fingerprint density at radius 1 is 1.08 bits per heavy atom. The van der Waals surface area contributed by atoms with Crippen LogP contribution in [0.2, 0.25) is 0 Å². The number of phenolic OH excluding ortho intramolecular Hbond substituents is 1. The van der Waals surface area contributed by atoms with E-state index in [4.69, 9.17) is 0 Å². The summed E-state index contributed by atoms with van der Waals surface area (Å²) in [4.78, 5) is 3.22. The van der Waals surface area contributed by atoms with E-state index in [1.807, 2.05) is 38.1 Å². The minimum absolute atomic E-state index is 0.232. The van der Waals surface area contributed by atoms with Gasteiger partial charge in [0.25, 0.3) is 0 Å². The van der Waals surface area contributed by atoms with Crippen molar-refractivity contribution < 1.29 is 5.11 Å². The zero-order chi connectivity index (χ0) is 16.9. The van der Waals surface area contributed by atoms with Crippen molar-refractivity contribution in [3.8, 4) is 17.0 Å². The van der Waals surface area contributed by atoms with E-state index in [-0.39, 0.29) is 5.75 Å². The number of piperidine rings is 1. The van der Waals surface area contributed by atoms with Crippen LogP contribution in [0.1, 0.15) is 38.2 Å². The van der Waals surface area contributed by atoms with Gasteiger partial charge in [-0.2, -0.15) is 0 Å². The first kappa shape index (κ1) is 16.5. The number of aromatic amines is 1. The van der Waals surface area contributed by atoms with E-state index in [9.17, 15) is 5.11 Å². The van der Waals surface area contributed by atoms with Crippen molar-refractivity contribution in [2.45, 2.75) is 32.6 Å². The van der Waals surface area contributed by atoms with Gasteiger partial charge in [-0.3, -0.25) is 0 Å². The maximum Gasteiger partial charge on any atom is 0.160 e. The number of phenols is 1. The van der Waals surface area contributed by atoms with E-state index in [1.165, 1.54) is 5.56 Å². The second kappa shape index (κ2) is 7.45. The lowest BCUT2D eigenvalue weighted by atomic mass is 9.90. The minimum atomic E-state index is 0.232. The summed E-state index contributed by atoms with van der Waals surface area (Å²) in [5.41, 5.74) is 3.55. The number of rotatable bonds is 2. The van der Waals surface area contributed by atoms with Crippen LogP contribution in [0.15, 0.2) is 36.5 Å². The van der Waals surface area contributed by atoms with Crippen LogP contribution < -0.4 is 5.32 Å². The average Bonchev–Trinajstić information content (AvgIpc) is 3.08. The Kier molecular flexibility index (Phi) is 5.11. The largest absolute Gasteiger partial charge is 0.507 e. The fourth-order valence-corrected chi connectivity index (χ4v) is 3.23. The molecule has 0 bridgehead atoms. The fourth-order valence-electron chi connectivity index (χ4n) is 3.23. The van der Waals surface area contributed by atoms with Crippen LogP contribution in [0.5, 0.6) is 5.75 Å². The molecule has 0 unspecified atom stereocenters. The number of benzene rings is 1. The summed E-state index contributed by atoms with van der Waals surface area (Å²) in [6.07, 6.45) is 4.34. The standard InChI is InChI=1S/C17H18N4O.C2H6/c22-16-4-2-1-3-12(16)15-9-13-14(10-19-17(13)21-20-15)11-5-7-18-8-6-11;1-2/h1-4,9-11,18,22H,5-8H2,(H,19,21);1-2H3. The Labute approximate surface area is 142 Å². The van der Waals surface area contributed by atoms with Gasteiger partial charge in [0.05, 0.1) is 5.69 Å². The Balaban J connectivity index is 0.000000815. The molecule has 0 aliphatic carbocycles. The van der Waals surface area contributed by atoms with Crippen LogP contribution >= 0.6 is 0 Å². The number of para-hydroxylation sites is 1. The summed E-state index contributed by atoms with van der Waals surface area (Å²) in [7, 11) is 0. The van der Waals surface area contributed by atoms with Gasteiger partial charge in [0.2, 0.25) is 0 Å². The Morgan fingerprint density at radius 2 is 1.83 bits per heavy atom. The van der Waals surface area contributed by atoms with Crippen LogP contribution in [0.3, 0.4) is 0 Å². The first-order valence-corrected chi connectivity index (χ1v) is 8.67. The second-order valence-corrected chi connectivity index (χ2v) is 5.78. The normalized spacial score (nSPS) is 15.1. The molecule has 0 amide bonds. The van der Waals surface area contributed by atoms with E-state index in [0.717, 1.165) is 42.5 Å². The first-order chi connectivity index (χ1) is 11.8. The van der Waals surface area contributed by atoms with Crippen molar-refractivity contribution >= 4 is 11.0 Å². The van der Waals surface area contributed by atoms with Gasteiger partial charge >= 0.3 is 0 Å². The molecule has 1 fully saturated rings. The van der Waals surface area contributed by atoms with Crippen molar-refractivity contribution in [1.82, 2.24) is 20.5 Å². The topological polar surface area (TPSA) is 73.8 Å². The van der Waals surface area contributed by atoms with Crippen molar-refractivity contribution in [3.63, 3.8) is 0 Å². The third-order valence-electron chi connectivity index (χ3n) is 4.43. The molecule has 3 N–H and O–H groups in total. The maximum atomic E-state index is 10.0. The second-order valence-electron chi connectivity index (χ2n) is 5.78. The number of aromatic nitrogens is 3. The van der Waals surface area contributed by atoms with Gasteiger partial charge < -0.3 is 15.4 Å². The molecule has 0 spiro atoms. The first-order valence-electron chi connectivity index (χ1n) is 8.67. The van der Waals surface area contributed by atoms with Crippen molar-refractivity contribution in [3.05, 3.63) is 42.1 Å². The third kappa shape index (κ3) is 3.12. The molecular weight excluding hydrogens is 300 g/mol. The van der Waals surface area contributed by atoms with Crippen molar-refractivity contribution in [2.24, 2.45) is 0 Å². The molecule has 2 aromatic heterocycles. The van der Waals surface area contributed by atoms with Crippen molar-refractivity contribution in [1.29, 1.82) is 0 Å². The van der Waals surface area contributed by atoms with Gasteiger partial charge in [0.15, 0.2) is 5.65 Å². The molecule has 5 nitrogen and oxygen atoms in total. The lowest BCUT2D eigenvalue weighted by molar-refractivity contribution is 0.462. The summed E-state index contributed by atoms with van der Waals surface area (Å²) in [6.45, 7) is 6.12. The Morgan fingerprint density at radius 3 is 2.58 bits per heavy atom. The van der Waals surface area contributed by atoms with Gasteiger partial charge in [-0.05, 0) is 55.6 Å². The minimum Gasteiger partial charge on any atom is -0.507 e. The smallest absolute Gasteiger partial charge is 0.160 e. The number of H-pyrrole nitrogens is 1. The van der Waals surface area contributed by atoms with E-state index in [1.54, 1.807) is 6.07 Å². The van der Waals surface area contributed by atoms with Gasteiger partial charge in [-0.1, -0.05) is 26.0 Å². The molecule has 1 aliphatic heterocycles. The lowest BCUT2D eigenvalue weighted by Gasteiger charge is -2.22. The van der Waals surface area contributed by atoms with Crippen LogP contribution in [0, 0.1) is 0 Å². The summed E-state index contributed by atoms with van der Waals surface area (Å²) < 4.78 is 0. The van der Waals surface area contributed by atoms with Crippen LogP contribution in [0.4, 0.5) is 0 Å². The molecule has 1 aliphatic rings. The molecule has 5 heteroatoms. The molecule has 3 heterocycles. The highest BCUT2D eigenvalue weighted by Crippen LogP contribution is 2.33. The molecule has 4 rings (SSSR count). The van der Waals surface area contributed by atoms with E-state index in [2.05, 4.69) is 26.7 Å². The average molecular weight is 324 g/mol. The molecule has 24 heavy (non-hydrogen) atoms. The summed E-state index contributed by atoms with van der Waals surface area (Å²) in [5, 5.41) is 23.1. The molecule has 1 saturated heterocycles. The number of aromatic hydroxyl groups is 1. The highest BCUT2D eigenvalue weighted by Gasteiger charge is 2.20. The predicted molar refractivity (Wildman–Crippen MR) is 97.2 cm³/mol. The summed E-state index contributed by atoms with van der Waals surface area (Å²) >= 11 is 0. The molecular formula is C19H24N4O. The molecule has 3 aromatic rings. The van der Waals surface area contributed by atoms with Crippen LogP contribution in [-0.2, 0) is 0 Å². The Hall–Kier alpha value is -2.40. The maximum absolute atomic E-state index is 10.0. The summed E-state index contributed by atoms with van der Waals surface area (Å²) in [6, 6.07) is 9.27. The number of hydrogen-bond donors (Lipinski definition) is 3. The SMILES string of the molecule is CC.Oc1ccccc1-c1cc2c(C3CCNCC3)c[nH]c2nn1. The van der Waals surface area contributed by atoms with Gasteiger partial charge in [0, 0.05) is 17.1 Å².